The number of methoxy groups -OCH3 is 5. The maximum absolute atomic E-state index is 11.4. The third-order valence-electron chi connectivity index (χ3n) is 5.12. The second kappa shape index (κ2) is 11.9. The normalized spacial score (nSPS) is 11.0. The molecule has 2 aromatic rings. The lowest BCUT2D eigenvalue weighted by molar-refractivity contribution is -0.139. The molecule has 0 aromatic heterocycles. The summed E-state index contributed by atoms with van der Waals surface area (Å²) in [6.45, 7) is 4.40. The van der Waals surface area contributed by atoms with Crippen molar-refractivity contribution in [1.82, 2.24) is 0 Å². The van der Waals surface area contributed by atoms with Crippen molar-refractivity contribution in [2.75, 3.05) is 42.2 Å². The molecule has 7 heteroatoms. The van der Waals surface area contributed by atoms with Gasteiger partial charge in [-0.3, -0.25) is 4.79 Å². The molecule has 0 aliphatic rings. The quantitative estimate of drug-likeness (QED) is 0.378. The Morgan fingerprint density at radius 2 is 1.41 bits per heavy atom. The van der Waals surface area contributed by atoms with Gasteiger partial charge in [0.15, 0.2) is 11.5 Å². The lowest BCUT2D eigenvalue weighted by Gasteiger charge is -2.21. The van der Waals surface area contributed by atoms with E-state index in [4.69, 9.17) is 23.7 Å². The standard InChI is InChI=1S/C25H32O7/c1-16(15-32-19-11-9-18(10-12-19)14-21(26)27-3)8-13-20-17(2)22(28-4)24(30-6)25(31-7)23(20)29-5/h8-12H,13-15H2,1-7H3/b16-8+. The highest BCUT2D eigenvalue weighted by molar-refractivity contribution is 5.72. The van der Waals surface area contributed by atoms with Crippen molar-refractivity contribution in [1.29, 1.82) is 0 Å². The van der Waals surface area contributed by atoms with Gasteiger partial charge in [0.05, 0.1) is 42.0 Å². The van der Waals surface area contributed by atoms with E-state index in [1.807, 2.05) is 38.1 Å². The Balaban J connectivity index is 2.14. The van der Waals surface area contributed by atoms with Crippen LogP contribution in [0.5, 0.6) is 28.7 Å². The van der Waals surface area contributed by atoms with Crippen LogP contribution in [0.25, 0.3) is 0 Å². The molecule has 2 rings (SSSR count). The molecule has 0 unspecified atom stereocenters. The van der Waals surface area contributed by atoms with Crippen molar-refractivity contribution in [3.05, 3.63) is 52.6 Å². The maximum atomic E-state index is 11.4. The Bertz CT molecular complexity index is 946. The van der Waals surface area contributed by atoms with Gasteiger partial charge in [-0.25, -0.2) is 0 Å². The second-order valence-corrected chi connectivity index (χ2v) is 7.18. The fraction of sp³-hybridized carbons (Fsp3) is 0.400. The summed E-state index contributed by atoms with van der Waals surface area (Å²) < 4.78 is 32.8. The SMILES string of the molecule is COC(=O)Cc1ccc(OC/C(C)=C/Cc2c(C)c(OC)c(OC)c(OC)c2OC)cc1. The van der Waals surface area contributed by atoms with E-state index in [0.717, 1.165) is 28.0 Å². The minimum atomic E-state index is -0.269. The number of benzene rings is 2. The Morgan fingerprint density at radius 3 is 1.94 bits per heavy atom. The molecule has 0 heterocycles. The summed E-state index contributed by atoms with van der Waals surface area (Å²) in [5.41, 5.74) is 3.81. The molecule has 2 aromatic carbocycles. The zero-order chi connectivity index (χ0) is 23.7. The zero-order valence-corrected chi connectivity index (χ0v) is 19.9. The molecule has 0 aliphatic heterocycles. The van der Waals surface area contributed by atoms with Crippen LogP contribution in [0.3, 0.4) is 0 Å². The number of hydrogen-bond donors (Lipinski definition) is 0. The number of hydrogen-bond acceptors (Lipinski definition) is 7. The molecular formula is C25H32O7. The third-order valence-corrected chi connectivity index (χ3v) is 5.12. The minimum Gasteiger partial charge on any atom is -0.492 e. The average Bonchev–Trinajstić information content (AvgIpc) is 2.81. The van der Waals surface area contributed by atoms with Crippen LogP contribution < -0.4 is 23.7 Å². The third kappa shape index (κ3) is 5.87. The van der Waals surface area contributed by atoms with E-state index in [1.54, 1.807) is 28.4 Å². The fourth-order valence-corrected chi connectivity index (χ4v) is 3.37. The number of carbonyl (C=O) groups excluding carboxylic acids is 1. The molecule has 0 fully saturated rings. The Morgan fingerprint density at radius 1 is 0.844 bits per heavy atom. The lowest BCUT2D eigenvalue weighted by atomic mass is 10.00. The molecule has 0 aliphatic carbocycles. The van der Waals surface area contributed by atoms with Gasteiger partial charge in [0.1, 0.15) is 12.4 Å². The minimum absolute atomic E-state index is 0.242. The van der Waals surface area contributed by atoms with E-state index >= 15 is 0 Å². The van der Waals surface area contributed by atoms with Gasteiger partial charge in [-0.1, -0.05) is 18.2 Å². The van der Waals surface area contributed by atoms with E-state index in [2.05, 4.69) is 10.8 Å². The number of ether oxygens (including phenoxy) is 6. The first-order valence-electron chi connectivity index (χ1n) is 10.2. The van der Waals surface area contributed by atoms with Crippen LogP contribution in [-0.2, 0) is 22.4 Å². The van der Waals surface area contributed by atoms with Crippen molar-refractivity contribution in [2.45, 2.75) is 26.7 Å². The number of carbonyl (C=O) groups is 1. The van der Waals surface area contributed by atoms with Crippen LogP contribution in [0.2, 0.25) is 0 Å². The van der Waals surface area contributed by atoms with Crippen molar-refractivity contribution in [2.24, 2.45) is 0 Å². The molecule has 32 heavy (non-hydrogen) atoms. The summed E-state index contributed by atoms with van der Waals surface area (Å²) in [4.78, 5) is 11.4. The molecule has 0 bridgehead atoms. The van der Waals surface area contributed by atoms with Gasteiger partial charge in [0, 0.05) is 11.1 Å². The molecule has 0 N–H and O–H groups in total. The van der Waals surface area contributed by atoms with E-state index in [1.165, 1.54) is 7.11 Å². The van der Waals surface area contributed by atoms with Crippen LogP contribution in [0.15, 0.2) is 35.9 Å². The molecule has 0 saturated carbocycles. The lowest BCUT2D eigenvalue weighted by Crippen LogP contribution is -2.05. The van der Waals surface area contributed by atoms with Crippen LogP contribution in [0.1, 0.15) is 23.6 Å². The van der Waals surface area contributed by atoms with Gasteiger partial charge in [0.2, 0.25) is 11.5 Å². The molecular weight excluding hydrogens is 412 g/mol. The predicted octanol–water partition coefficient (Wildman–Crippen LogP) is 4.31. The van der Waals surface area contributed by atoms with Crippen LogP contribution >= 0.6 is 0 Å². The first-order chi connectivity index (χ1) is 15.4. The van der Waals surface area contributed by atoms with Crippen LogP contribution in [-0.4, -0.2) is 48.1 Å². The first kappa shape index (κ1) is 24.9. The monoisotopic (exact) mass is 444 g/mol. The molecule has 174 valence electrons. The molecule has 0 amide bonds. The summed E-state index contributed by atoms with van der Waals surface area (Å²) in [5.74, 6) is 2.71. The van der Waals surface area contributed by atoms with Gasteiger partial charge < -0.3 is 28.4 Å². The van der Waals surface area contributed by atoms with Gasteiger partial charge in [0.25, 0.3) is 0 Å². The first-order valence-corrected chi connectivity index (χ1v) is 10.2. The van der Waals surface area contributed by atoms with Crippen molar-refractivity contribution in [3.63, 3.8) is 0 Å². The molecule has 0 spiro atoms. The predicted molar refractivity (Wildman–Crippen MR) is 123 cm³/mol. The number of esters is 1. The summed E-state index contributed by atoms with van der Waals surface area (Å²) >= 11 is 0. The topological polar surface area (TPSA) is 72.5 Å². The summed E-state index contributed by atoms with van der Waals surface area (Å²) in [7, 11) is 7.74. The summed E-state index contributed by atoms with van der Waals surface area (Å²) in [6.07, 6.45) is 2.94. The largest absolute Gasteiger partial charge is 0.492 e. The van der Waals surface area contributed by atoms with Gasteiger partial charge in [-0.2, -0.15) is 0 Å². The Kier molecular flexibility index (Phi) is 9.25. The highest BCUT2D eigenvalue weighted by Gasteiger charge is 2.24. The molecule has 0 saturated heterocycles. The van der Waals surface area contributed by atoms with Gasteiger partial charge >= 0.3 is 5.97 Å². The van der Waals surface area contributed by atoms with E-state index < -0.39 is 0 Å². The van der Waals surface area contributed by atoms with Crippen LogP contribution in [0.4, 0.5) is 0 Å². The average molecular weight is 445 g/mol. The highest BCUT2D eigenvalue weighted by atomic mass is 16.5. The molecule has 0 atom stereocenters. The Labute approximate surface area is 189 Å². The van der Waals surface area contributed by atoms with E-state index in [9.17, 15) is 4.79 Å². The van der Waals surface area contributed by atoms with Gasteiger partial charge in [-0.15, -0.1) is 0 Å². The Hall–Kier alpha value is -3.35. The maximum Gasteiger partial charge on any atom is 0.309 e. The van der Waals surface area contributed by atoms with E-state index in [-0.39, 0.29) is 12.4 Å². The van der Waals surface area contributed by atoms with Crippen molar-refractivity contribution < 1.29 is 33.2 Å². The number of allylic oxidation sites excluding steroid dienone is 1. The zero-order valence-electron chi connectivity index (χ0n) is 19.9. The fourth-order valence-electron chi connectivity index (χ4n) is 3.37. The number of rotatable bonds is 11. The smallest absolute Gasteiger partial charge is 0.309 e. The van der Waals surface area contributed by atoms with E-state index in [0.29, 0.717) is 36.0 Å². The van der Waals surface area contributed by atoms with Crippen molar-refractivity contribution >= 4 is 5.97 Å². The highest BCUT2D eigenvalue weighted by Crippen LogP contribution is 2.49. The summed E-state index contributed by atoms with van der Waals surface area (Å²) in [6, 6.07) is 7.40. The second-order valence-electron chi connectivity index (χ2n) is 7.18. The molecule has 0 radical (unpaired) electrons. The summed E-state index contributed by atoms with van der Waals surface area (Å²) in [5, 5.41) is 0. The molecule has 7 nitrogen and oxygen atoms in total. The van der Waals surface area contributed by atoms with Gasteiger partial charge in [-0.05, 0) is 43.5 Å². The van der Waals surface area contributed by atoms with Crippen molar-refractivity contribution in [3.8, 4) is 28.7 Å². The van der Waals surface area contributed by atoms with Crippen LogP contribution in [0, 0.1) is 6.92 Å².